The minimum absolute atomic E-state index is 0.0237. The number of aromatic carboxylic acids is 1. The van der Waals surface area contributed by atoms with E-state index >= 15 is 0 Å². The fraction of sp³-hybridized carbons (Fsp3) is 0.316. The van der Waals surface area contributed by atoms with Gasteiger partial charge in [-0.1, -0.05) is 31.9 Å². The Morgan fingerprint density at radius 2 is 1.81 bits per heavy atom. The molecule has 3 N–H and O–H groups in total. The van der Waals surface area contributed by atoms with Crippen molar-refractivity contribution in [1.82, 2.24) is 10.6 Å². The van der Waals surface area contributed by atoms with Crippen LogP contribution >= 0.6 is 11.6 Å². The van der Waals surface area contributed by atoms with Crippen LogP contribution in [0.15, 0.2) is 40.8 Å². The number of nitrogens with one attached hydrogen (secondary N) is 2. The molecule has 0 bridgehead atoms. The Balaban J connectivity index is 2.03. The quantitative estimate of drug-likeness (QED) is 0.639. The molecule has 1 heterocycles. The van der Waals surface area contributed by atoms with Crippen LogP contribution in [-0.4, -0.2) is 28.9 Å². The molecule has 0 saturated carbocycles. The number of hydrogen-bond donors (Lipinski definition) is 3. The molecule has 0 saturated heterocycles. The number of carbonyl (C=O) groups is 3. The summed E-state index contributed by atoms with van der Waals surface area (Å²) in [5, 5.41) is 14.8. The van der Waals surface area contributed by atoms with Crippen molar-refractivity contribution < 1.29 is 23.9 Å². The Labute approximate surface area is 161 Å². The maximum absolute atomic E-state index is 12.6. The van der Waals surface area contributed by atoms with Gasteiger partial charge in [0.25, 0.3) is 5.91 Å². The number of benzene rings is 1. The van der Waals surface area contributed by atoms with E-state index in [0.29, 0.717) is 22.8 Å². The van der Waals surface area contributed by atoms with Gasteiger partial charge in [-0.15, -0.1) is 0 Å². The Morgan fingerprint density at radius 3 is 2.37 bits per heavy atom. The molecular weight excluding hydrogens is 372 g/mol. The molecule has 2 rings (SSSR count). The normalized spacial score (nSPS) is 12.9. The molecule has 0 radical (unpaired) electrons. The van der Waals surface area contributed by atoms with Gasteiger partial charge < -0.3 is 20.2 Å². The Morgan fingerprint density at radius 1 is 1.15 bits per heavy atom. The van der Waals surface area contributed by atoms with Crippen molar-refractivity contribution in [1.29, 1.82) is 0 Å². The smallest absolute Gasteiger partial charge is 0.371 e. The molecule has 27 heavy (non-hydrogen) atoms. The number of furan rings is 1. The third-order valence-electron chi connectivity index (χ3n) is 4.20. The Kier molecular flexibility index (Phi) is 7.01. The summed E-state index contributed by atoms with van der Waals surface area (Å²) in [6.45, 7) is 3.81. The van der Waals surface area contributed by atoms with E-state index in [1.54, 1.807) is 24.3 Å². The van der Waals surface area contributed by atoms with E-state index < -0.39 is 12.0 Å². The summed E-state index contributed by atoms with van der Waals surface area (Å²) >= 11 is 5.82. The van der Waals surface area contributed by atoms with Crippen LogP contribution in [0.1, 0.15) is 46.9 Å². The number of rotatable bonds is 8. The monoisotopic (exact) mass is 392 g/mol. The standard InChI is InChI=1S/C19H21ClN2O5/c1-3-11(2)16(22-17(23)12-4-6-13(20)7-5-12)18(24)21-10-14-8-9-15(27-14)19(25)26/h4-9,11,16H,3,10H2,1-2H3,(H,21,24)(H,22,23)(H,25,26). The van der Waals surface area contributed by atoms with Gasteiger partial charge >= 0.3 is 5.97 Å². The molecule has 1 aromatic carbocycles. The minimum atomic E-state index is -1.18. The first kappa shape index (κ1) is 20.5. The Hall–Kier alpha value is -2.80. The van der Waals surface area contributed by atoms with E-state index in [2.05, 4.69) is 10.6 Å². The summed E-state index contributed by atoms with van der Waals surface area (Å²) in [5.41, 5.74) is 0.401. The van der Waals surface area contributed by atoms with Crippen molar-refractivity contribution in [3.8, 4) is 0 Å². The van der Waals surface area contributed by atoms with Gasteiger partial charge in [-0.3, -0.25) is 9.59 Å². The molecule has 0 aliphatic rings. The highest BCUT2D eigenvalue weighted by Gasteiger charge is 2.26. The maximum atomic E-state index is 12.6. The average Bonchev–Trinajstić information content (AvgIpc) is 3.13. The first-order valence-corrected chi connectivity index (χ1v) is 8.85. The van der Waals surface area contributed by atoms with Gasteiger partial charge in [-0.25, -0.2) is 4.79 Å². The summed E-state index contributed by atoms with van der Waals surface area (Å²) in [7, 11) is 0. The highest BCUT2D eigenvalue weighted by atomic mass is 35.5. The zero-order valence-corrected chi connectivity index (χ0v) is 15.7. The van der Waals surface area contributed by atoms with Crippen molar-refractivity contribution in [3.63, 3.8) is 0 Å². The summed E-state index contributed by atoms with van der Waals surface area (Å²) in [6, 6.07) is 8.43. The van der Waals surface area contributed by atoms with Crippen LogP contribution in [0, 0.1) is 5.92 Å². The highest BCUT2D eigenvalue weighted by Crippen LogP contribution is 2.13. The molecule has 2 unspecified atom stereocenters. The molecule has 0 fully saturated rings. The molecule has 0 spiro atoms. The number of carboxylic acids is 1. The van der Waals surface area contributed by atoms with Gasteiger partial charge in [-0.2, -0.15) is 0 Å². The number of hydrogen-bond acceptors (Lipinski definition) is 4. The number of carbonyl (C=O) groups excluding carboxylic acids is 2. The fourth-order valence-corrected chi connectivity index (χ4v) is 2.53. The lowest BCUT2D eigenvalue weighted by molar-refractivity contribution is -0.124. The van der Waals surface area contributed by atoms with Crippen molar-refractivity contribution in [2.45, 2.75) is 32.9 Å². The van der Waals surface area contributed by atoms with Gasteiger partial charge in [-0.05, 0) is 42.3 Å². The van der Waals surface area contributed by atoms with Gasteiger partial charge in [0.05, 0.1) is 6.54 Å². The highest BCUT2D eigenvalue weighted by molar-refractivity contribution is 6.30. The molecule has 2 atom stereocenters. The molecule has 1 aromatic heterocycles. The van der Waals surface area contributed by atoms with E-state index in [0.717, 1.165) is 0 Å². The summed E-state index contributed by atoms with van der Waals surface area (Å²) in [4.78, 5) is 35.8. The fourth-order valence-electron chi connectivity index (χ4n) is 2.40. The SMILES string of the molecule is CCC(C)C(NC(=O)c1ccc(Cl)cc1)C(=O)NCc1ccc(C(=O)O)o1. The molecule has 0 aliphatic heterocycles. The lowest BCUT2D eigenvalue weighted by Gasteiger charge is -2.23. The third-order valence-corrected chi connectivity index (χ3v) is 4.45. The van der Waals surface area contributed by atoms with Gasteiger partial charge in [0.15, 0.2) is 0 Å². The minimum Gasteiger partial charge on any atom is -0.475 e. The van der Waals surface area contributed by atoms with Crippen molar-refractivity contribution in [3.05, 3.63) is 58.5 Å². The van der Waals surface area contributed by atoms with E-state index in [1.807, 2.05) is 13.8 Å². The van der Waals surface area contributed by atoms with Crippen LogP contribution < -0.4 is 10.6 Å². The zero-order valence-electron chi connectivity index (χ0n) is 15.0. The molecule has 0 aliphatic carbocycles. The number of carboxylic acid groups (broad SMARTS) is 1. The molecular formula is C19H21ClN2O5. The second kappa shape index (κ2) is 9.23. The van der Waals surface area contributed by atoms with Crippen LogP contribution in [0.25, 0.3) is 0 Å². The number of halogens is 1. The molecule has 8 heteroatoms. The molecule has 2 amide bonds. The van der Waals surface area contributed by atoms with Gasteiger partial charge in [0, 0.05) is 10.6 Å². The van der Waals surface area contributed by atoms with Crippen molar-refractivity contribution in [2.75, 3.05) is 0 Å². The second-order valence-electron chi connectivity index (χ2n) is 6.13. The molecule has 7 nitrogen and oxygen atoms in total. The van der Waals surface area contributed by atoms with Gasteiger partial charge in [0.2, 0.25) is 11.7 Å². The largest absolute Gasteiger partial charge is 0.475 e. The zero-order chi connectivity index (χ0) is 20.0. The van der Waals surface area contributed by atoms with E-state index in [4.69, 9.17) is 21.1 Å². The molecule has 144 valence electrons. The van der Waals surface area contributed by atoms with Crippen LogP contribution in [0.4, 0.5) is 0 Å². The van der Waals surface area contributed by atoms with Crippen LogP contribution in [0.5, 0.6) is 0 Å². The summed E-state index contributed by atoms with van der Waals surface area (Å²) < 4.78 is 5.11. The first-order chi connectivity index (χ1) is 12.8. The molecule has 2 aromatic rings. The Bertz CT molecular complexity index is 816. The first-order valence-electron chi connectivity index (χ1n) is 8.48. The topological polar surface area (TPSA) is 109 Å². The van der Waals surface area contributed by atoms with Crippen molar-refractivity contribution in [2.24, 2.45) is 5.92 Å². The lowest BCUT2D eigenvalue weighted by Crippen LogP contribution is -2.50. The van der Waals surface area contributed by atoms with E-state index in [-0.39, 0.29) is 30.0 Å². The number of amides is 2. The van der Waals surface area contributed by atoms with E-state index in [9.17, 15) is 14.4 Å². The third kappa shape index (κ3) is 5.59. The average molecular weight is 393 g/mol. The summed E-state index contributed by atoms with van der Waals surface area (Å²) in [5.74, 6) is -1.92. The summed E-state index contributed by atoms with van der Waals surface area (Å²) in [6.07, 6.45) is 0.683. The van der Waals surface area contributed by atoms with Crippen LogP contribution in [-0.2, 0) is 11.3 Å². The van der Waals surface area contributed by atoms with Gasteiger partial charge in [0.1, 0.15) is 11.8 Å². The van der Waals surface area contributed by atoms with E-state index in [1.165, 1.54) is 12.1 Å². The maximum Gasteiger partial charge on any atom is 0.371 e. The predicted molar refractivity (Wildman–Crippen MR) is 99.7 cm³/mol. The second-order valence-corrected chi connectivity index (χ2v) is 6.57. The van der Waals surface area contributed by atoms with Crippen molar-refractivity contribution >= 4 is 29.4 Å². The van der Waals surface area contributed by atoms with Crippen LogP contribution in [0.3, 0.4) is 0 Å². The van der Waals surface area contributed by atoms with Crippen LogP contribution in [0.2, 0.25) is 5.02 Å². The lowest BCUT2D eigenvalue weighted by atomic mass is 9.98. The predicted octanol–water partition coefficient (Wildman–Crippen LogP) is 3.09.